The third-order valence-corrected chi connectivity index (χ3v) is 9.37. The van der Waals surface area contributed by atoms with Crippen molar-refractivity contribution in [1.29, 1.82) is 0 Å². The van der Waals surface area contributed by atoms with Gasteiger partial charge in [0.05, 0.1) is 47.5 Å². The Morgan fingerprint density at radius 2 is 1.88 bits per heavy atom. The lowest BCUT2D eigenvalue weighted by atomic mass is 9.93. The number of amides is 3. The SMILES string of the molecule is COC(=O)N1CCC(Cn2ncc3c(-c4ccc5c(c4)OC(F)(F)C(=O)N5Cc4ccc(Cl)cn4)c(C(N)=O)c(CC4CC4)nc32)CC1. The minimum atomic E-state index is -4.15. The molecule has 15 heteroatoms. The first-order chi connectivity index (χ1) is 23.0. The van der Waals surface area contributed by atoms with E-state index in [2.05, 4.69) is 10.1 Å². The number of carbonyl (C=O) groups excluding carboxylic acids is 3. The van der Waals surface area contributed by atoms with E-state index in [1.165, 1.54) is 25.4 Å². The molecule has 1 saturated carbocycles. The molecular weight excluding hydrogens is 648 g/mol. The second-order valence-electron chi connectivity index (χ2n) is 12.4. The highest BCUT2D eigenvalue weighted by molar-refractivity contribution is 6.30. The Kier molecular flexibility index (Phi) is 8.14. The number of nitrogens with zero attached hydrogens (tertiary/aromatic N) is 6. The molecule has 2 N–H and O–H groups in total. The van der Waals surface area contributed by atoms with Crippen molar-refractivity contribution in [2.75, 3.05) is 25.1 Å². The zero-order chi connectivity index (χ0) is 33.7. The molecular formula is C33H32ClF2N7O5. The molecule has 3 amide bonds. The molecule has 1 saturated heterocycles. The second-order valence-corrected chi connectivity index (χ2v) is 12.9. The molecule has 3 aliphatic rings. The maximum absolute atomic E-state index is 15.0. The van der Waals surface area contributed by atoms with E-state index in [9.17, 15) is 14.4 Å². The number of methoxy groups -OCH3 is 1. The second kappa shape index (κ2) is 12.3. The van der Waals surface area contributed by atoms with Gasteiger partial charge in [-0.1, -0.05) is 17.7 Å². The molecule has 1 aliphatic carbocycles. The molecule has 0 unspecified atom stereocenters. The lowest BCUT2D eigenvalue weighted by molar-refractivity contribution is -0.193. The highest BCUT2D eigenvalue weighted by atomic mass is 35.5. The lowest BCUT2D eigenvalue weighted by Crippen LogP contribution is -2.50. The van der Waals surface area contributed by atoms with Crippen molar-refractivity contribution in [2.45, 2.75) is 51.3 Å². The van der Waals surface area contributed by atoms with E-state index in [-0.39, 0.29) is 35.6 Å². The normalized spacial score (nSPS) is 17.7. The molecule has 3 aromatic heterocycles. The number of anilines is 1. The van der Waals surface area contributed by atoms with E-state index in [1.807, 2.05) is 0 Å². The molecule has 12 nitrogen and oxygen atoms in total. The highest BCUT2D eigenvalue weighted by Crippen LogP contribution is 2.45. The summed E-state index contributed by atoms with van der Waals surface area (Å²) in [7, 11) is 1.36. The van der Waals surface area contributed by atoms with Crippen molar-refractivity contribution in [3.8, 4) is 16.9 Å². The minimum Gasteiger partial charge on any atom is -0.453 e. The first kappa shape index (κ1) is 31.7. The number of fused-ring (bicyclic) bond motifs is 2. The standard InChI is InChI=1S/C33H32ClF2N7O5/c1-47-32(46)41-10-8-19(9-11-41)16-43-30-23(15-39-43)27(28(29(37)44)24(40-30)12-18-2-3-18)20-4-7-25-26(13-20)48-33(35,36)31(45)42(25)17-22-6-5-21(34)14-38-22/h4-7,13-15,18-19H,2-3,8-12,16-17H2,1H3,(H2,37,44). The van der Waals surface area contributed by atoms with Crippen molar-refractivity contribution in [3.05, 3.63) is 64.7 Å². The summed E-state index contributed by atoms with van der Waals surface area (Å²) < 4.78 is 41.7. The Balaban J connectivity index is 1.30. The fraction of sp³-hybridized carbons (Fsp3) is 0.394. The first-order valence-corrected chi connectivity index (χ1v) is 16.0. The Morgan fingerprint density at radius 3 is 2.54 bits per heavy atom. The van der Waals surface area contributed by atoms with Gasteiger partial charge in [0.1, 0.15) is 0 Å². The number of pyridine rings is 2. The topological polar surface area (TPSA) is 146 Å². The monoisotopic (exact) mass is 679 g/mol. The van der Waals surface area contributed by atoms with Crippen LogP contribution in [0.5, 0.6) is 5.75 Å². The van der Waals surface area contributed by atoms with Crippen molar-refractivity contribution in [2.24, 2.45) is 17.6 Å². The van der Waals surface area contributed by atoms with Crippen LogP contribution in [0.2, 0.25) is 5.02 Å². The van der Waals surface area contributed by atoms with Gasteiger partial charge in [0.25, 0.3) is 5.91 Å². The largest absolute Gasteiger partial charge is 0.482 e. The number of rotatable bonds is 8. The molecule has 2 fully saturated rings. The van der Waals surface area contributed by atoms with Gasteiger partial charge in [0.15, 0.2) is 11.4 Å². The van der Waals surface area contributed by atoms with Gasteiger partial charge in [-0.25, -0.2) is 14.5 Å². The molecule has 0 bridgehead atoms. The van der Waals surface area contributed by atoms with E-state index in [1.54, 1.807) is 34.0 Å². The zero-order valence-corrected chi connectivity index (χ0v) is 26.8. The summed E-state index contributed by atoms with van der Waals surface area (Å²) in [6, 6.07) is 7.64. The predicted molar refractivity (Wildman–Crippen MR) is 171 cm³/mol. The van der Waals surface area contributed by atoms with Gasteiger partial charge in [-0.15, -0.1) is 0 Å². The molecule has 4 aromatic rings. The summed E-state index contributed by atoms with van der Waals surface area (Å²) in [5.41, 5.74) is 8.50. The number of primary amides is 1. The fourth-order valence-electron chi connectivity index (χ4n) is 6.49. The van der Waals surface area contributed by atoms with Crippen LogP contribution in [0.1, 0.15) is 47.4 Å². The summed E-state index contributed by atoms with van der Waals surface area (Å²) in [6.07, 6.45) is 2.49. The molecule has 250 valence electrons. The van der Waals surface area contributed by atoms with Crippen LogP contribution in [0.15, 0.2) is 42.7 Å². The van der Waals surface area contributed by atoms with Crippen molar-refractivity contribution < 1.29 is 32.6 Å². The maximum atomic E-state index is 15.0. The molecule has 2 aliphatic heterocycles. The number of nitrogens with two attached hydrogens (primary N) is 1. The lowest BCUT2D eigenvalue weighted by Gasteiger charge is -2.33. The smallest absolute Gasteiger partial charge is 0.453 e. The number of likely N-dealkylation sites (tertiary alicyclic amines) is 1. The predicted octanol–water partition coefficient (Wildman–Crippen LogP) is 5.19. The number of aromatic nitrogens is 4. The summed E-state index contributed by atoms with van der Waals surface area (Å²) in [5.74, 6) is -1.92. The van der Waals surface area contributed by atoms with Crippen LogP contribution in [-0.4, -0.2) is 68.9 Å². The van der Waals surface area contributed by atoms with Crippen LogP contribution in [0, 0.1) is 11.8 Å². The van der Waals surface area contributed by atoms with Crippen LogP contribution >= 0.6 is 11.6 Å². The highest BCUT2D eigenvalue weighted by Gasteiger charge is 2.50. The number of alkyl halides is 2. The summed E-state index contributed by atoms with van der Waals surface area (Å²) in [4.78, 5) is 49.6. The molecule has 7 rings (SSSR count). The number of halogens is 3. The molecule has 0 radical (unpaired) electrons. The van der Waals surface area contributed by atoms with E-state index >= 15 is 8.78 Å². The average molecular weight is 680 g/mol. The number of benzene rings is 1. The van der Waals surface area contributed by atoms with Crippen molar-refractivity contribution in [3.63, 3.8) is 0 Å². The summed E-state index contributed by atoms with van der Waals surface area (Å²) in [5, 5.41) is 5.53. The Labute approximate surface area is 278 Å². The number of carbonyl (C=O) groups is 3. The van der Waals surface area contributed by atoms with Crippen LogP contribution in [0.4, 0.5) is 19.3 Å². The van der Waals surface area contributed by atoms with Crippen LogP contribution in [0.3, 0.4) is 0 Å². The maximum Gasteiger partial charge on any atom is 0.482 e. The van der Waals surface area contributed by atoms with E-state index < -0.39 is 17.9 Å². The summed E-state index contributed by atoms with van der Waals surface area (Å²) in [6.45, 7) is 1.39. The Hall–Kier alpha value is -4.85. The van der Waals surface area contributed by atoms with E-state index in [0.29, 0.717) is 70.5 Å². The molecule has 5 heterocycles. The summed E-state index contributed by atoms with van der Waals surface area (Å²) >= 11 is 5.93. The Morgan fingerprint density at radius 1 is 1.10 bits per heavy atom. The average Bonchev–Trinajstić information content (AvgIpc) is 3.80. The third-order valence-electron chi connectivity index (χ3n) is 9.14. The van der Waals surface area contributed by atoms with Gasteiger partial charge in [-0.3, -0.25) is 19.5 Å². The van der Waals surface area contributed by atoms with E-state index in [4.69, 9.17) is 31.8 Å². The zero-order valence-electron chi connectivity index (χ0n) is 26.0. The molecule has 0 atom stereocenters. The van der Waals surface area contributed by atoms with E-state index in [0.717, 1.165) is 30.6 Å². The number of ether oxygens (including phenoxy) is 2. The number of piperidine rings is 1. The quantitative estimate of drug-likeness (QED) is 0.268. The van der Waals surface area contributed by atoms with Crippen molar-refractivity contribution >= 4 is 46.2 Å². The van der Waals surface area contributed by atoms with Crippen LogP contribution in [0.25, 0.3) is 22.2 Å². The van der Waals surface area contributed by atoms with Gasteiger partial charge in [-0.2, -0.15) is 13.9 Å². The van der Waals surface area contributed by atoms with Gasteiger partial charge in [0, 0.05) is 36.8 Å². The van der Waals surface area contributed by atoms with Gasteiger partial charge in [-0.05, 0) is 73.8 Å². The Bertz CT molecular complexity index is 1920. The van der Waals surface area contributed by atoms with Crippen LogP contribution < -0.4 is 15.4 Å². The minimum absolute atomic E-state index is 0.115. The third kappa shape index (κ3) is 6.00. The van der Waals surface area contributed by atoms with Crippen LogP contribution in [-0.2, 0) is 29.0 Å². The number of hydrogen-bond donors (Lipinski definition) is 1. The van der Waals surface area contributed by atoms with Crippen molar-refractivity contribution in [1.82, 2.24) is 24.6 Å². The number of hydrogen-bond acceptors (Lipinski definition) is 8. The van der Waals surface area contributed by atoms with Gasteiger partial charge in [0.2, 0.25) is 0 Å². The first-order valence-electron chi connectivity index (χ1n) is 15.7. The molecule has 48 heavy (non-hydrogen) atoms. The van der Waals surface area contributed by atoms with Gasteiger partial charge < -0.3 is 20.1 Å². The molecule has 0 spiro atoms. The molecule has 1 aromatic carbocycles. The van der Waals surface area contributed by atoms with Gasteiger partial charge >= 0.3 is 18.1 Å². The fourth-order valence-corrected chi connectivity index (χ4v) is 6.60.